The third kappa shape index (κ3) is 7.61. The summed E-state index contributed by atoms with van der Waals surface area (Å²) in [5.74, 6) is 1.77. The van der Waals surface area contributed by atoms with E-state index in [1.807, 2.05) is 13.8 Å². The van der Waals surface area contributed by atoms with Gasteiger partial charge < -0.3 is 24.8 Å². The molecule has 39 heavy (non-hydrogen) atoms. The molecule has 9 nitrogen and oxygen atoms in total. The lowest BCUT2D eigenvalue weighted by atomic mass is 9.84. The third-order valence-electron chi connectivity index (χ3n) is 7.87. The van der Waals surface area contributed by atoms with Crippen molar-refractivity contribution in [2.24, 2.45) is 17.6 Å². The van der Waals surface area contributed by atoms with E-state index >= 15 is 0 Å². The number of benzene rings is 1. The Balaban J connectivity index is 0.00000420. The lowest BCUT2D eigenvalue weighted by molar-refractivity contribution is -0.132. The van der Waals surface area contributed by atoms with E-state index in [-0.39, 0.29) is 30.7 Å². The molecular formula is C28H40ClFN6O3. The van der Waals surface area contributed by atoms with E-state index < -0.39 is 17.9 Å². The van der Waals surface area contributed by atoms with Crippen molar-refractivity contribution in [2.75, 3.05) is 31.1 Å². The number of hydrogen-bond acceptors (Lipinski definition) is 8. The van der Waals surface area contributed by atoms with Gasteiger partial charge in [-0.2, -0.15) is 10.2 Å². The highest BCUT2D eigenvalue weighted by Crippen LogP contribution is 2.30. The van der Waals surface area contributed by atoms with Crippen molar-refractivity contribution in [1.29, 1.82) is 5.26 Å². The highest BCUT2D eigenvalue weighted by molar-refractivity contribution is 5.85. The Labute approximate surface area is 236 Å². The average molecular weight is 563 g/mol. The number of anilines is 1. The average Bonchev–Trinajstić information content (AvgIpc) is 3.60. The van der Waals surface area contributed by atoms with E-state index in [2.05, 4.69) is 28.0 Å². The summed E-state index contributed by atoms with van der Waals surface area (Å²) < 4.78 is 26.0. The van der Waals surface area contributed by atoms with Crippen LogP contribution in [0, 0.1) is 29.0 Å². The van der Waals surface area contributed by atoms with Crippen molar-refractivity contribution in [3.05, 3.63) is 35.4 Å². The Hall–Kier alpha value is -2.90. The summed E-state index contributed by atoms with van der Waals surface area (Å²) in [5, 5.41) is 13.3. The summed E-state index contributed by atoms with van der Waals surface area (Å²) >= 11 is 0. The molecule has 0 aliphatic carbocycles. The lowest BCUT2D eigenvalue weighted by Crippen LogP contribution is -2.46. The summed E-state index contributed by atoms with van der Waals surface area (Å²) in [4.78, 5) is 20.8. The second-order valence-electron chi connectivity index (χ2n) is 10.9. The number of carbonyl (C=O) groups is 1. The molecule has 2 aromatic rings. The zero-order valence-corrected chi connectivity index (χ0v) is 23.8. The molecule has 3 heterocycles. The van der Waals surface area contributed by atoms with Crippen LogP contribution < -0.4 is 15.4 Å². The van der Waals surface area contributed by atoms with Gasteiger partial charge in [-0.25, -0.2) is 4.39 Å². The Kier molecular flexibility index (Phi) is 11.0. The van der Waals surface area contributed by atoms with Crippen molar-refractivity contribution in [3.63, 3.8) is 0 Å². The van der Waals surface area contributed by atoms with Crippen molar-refractivity contribution in [3.8, 4) is 11.8 Å². The summed E-state index contributed by atoms with van der Waals surface area (Å²) in [6.07, 6.45) is 4.50. The first-order chi connectivity index (χ1) is 18.3. The molecule has 2 saturated heterocycles. The van der Waals surface area contributed by atoms with E-state index in [0.717, 1.165) is 44.6 Å². The number of nitrogens with zero attached hydrogens (tertiary/aromatic N) is 5. The Bertz CT molecular complexity index is 1130. The van der Waals surface area contributed by atoms with Gasteiger partial charge in [0.15, 0.2) is 5.82 Å². The fourth-order valence-corrected chi connectivity index (χ4v) is 5.33. The maximum Gasteiger partial charge on any atom is 0.324 e. The summed E-state index contributed by atoms with van der Waals surface area (Å²) in [6.45, 7) is 9.15. The van der Waals surface area contributed by atoms with E-state index in [0.29, 0.717) is 48.7 Å². The molecule has 0 bridgehead atoms. The fourth-order valence-electron chi connectivity index (χ4n) is 5.33. The number of likely N-dealkylation sites (tertiary alicyclic amines) is 1. The van der Waals surface area contributed by atoms with Crippen LogP contribution in [-0.4, -0.2) is 59.3 Å². The molecule has 214 valence electrons. The Morgan fingerprint density at radius 3 is 2.64 bits per heavy atom. The van der Waals surface area contributed by atoms with Gasteiger partial charge in [0.1, 0.15) is 17.6 Å². The molecule has 1 aromatic carbocycles. The van der Waals surface area contributed by atoms with Gasteiger partial charge in [-0.05, 0) is 62.0 Å². The van der Waals surface area contributed by atoms with Gasteiger partial charge >= 0.3 is 6.01 Å². The van der Waals surface area contributed by atoms with E-state index in [9.17, 15) is 14.4 Å². The third-order valence-corrected chi connectivity index (χ3v) is 7.87. The second kappa shape index (κ2) is 13.9. The molecule has 0 radical (unpaired) electrons. The smallest absolute Gasteiger partial charge is 0.324 e. The predicted octanol–water partition coefficient (Wildman–Crippen LogP) is 4.46. The van der Waals surface area contributed by atoms with Crippen LogP contribution in [0.2, 0.25) is 0 Å². The van der Waals surface area contributed by atoms with Gasteiger partial charge in [-0.3, -0.25) is 4.79 Å². The molecule has 2 aliphatic rings. The first-order valence-corrected chi connectivity index (χ1v) is 13.7. The molecule has 11 heteroatoms. The number of hydrogen-bond donors (Lipinski definition) is 1. The number of amides is 1. The minimum absolute atomic E-state index is 0. The molecule has 1 aromatic heterocycles. The second-order valence-corrected chi connectivity index (χ2v) is 10.9. The Morgan fingerprint density at radius 2 is 2.00 bits per heavy atom. The molecule has 2 fully saturated rings. The van der Waals surface area contributed by atoms with Crippen molar-refractivity contribution >= 4 is 24.3 Å². The number of carbonyl (C=O) groups excluding carboxylic acids is 1. The quantitative estimate of drug-likeness (QED) is 0.450. The molecule has 2 N–H and O–H groups in total. The molecule has 0 spiro atoms. The number of nitrogens with two attached hydrogens (primary N) is 1. The SMILES string of the molecule is CC(C)c1noc(N2CCC([C@H](C)CCOc3ccc(C[C@H](N)C(=O)N4CCC[C@H]4C#N)c(F)c3)CC2)n1.Cl. The van der Waals surface area contributed by atoms with E-state index in [1.165, 1.54) is 11.0 Å². The molecule has 4 rings (SSSR count). The lowest BCUT2D eigenvalue weighted by Gasteiger charge is -2.33. The van der Waals surface area contributed by atoms with Gasteiger partial charge in [0, 0.05) is 31.6 Å². The highest BCUT2D eigenvalue weighted by Gasteiger charge is 2.32. The number of aromatic nitrogens is 2. The zero-order valence-electron chi connectivity index (χ0n) is 23.0. The first kappa shape index (κ1) is 30.6. The zero-order chi connectivity index (χ0) is 27.2. The van der Waals surface area contributed by atoms with Gasteiger partial charge in [0.25, 0.3) is 0 Å². The van der Waals surface area contributed by atoms with Crippen LogP contribution >= 0.6 is 12.4 Å². The van der Waals surface area contributed by atoms with Gasteiger partial charge in [-0.1, -0.05) is 32.0 Å². The highest BCUT2D eigenvalue weighted by atomic mass is 35.5. The molecule has 1 amide bonds. The van der Waals surface area contributed by atoms with Crippen LogP contribution in [0.3, 0.4) is 0 Å². The number of nitriles is 1. The van der Waals surface area contributed by atoms with Crippen LogP contribution in [0.4, 0.5) is 10.4 Å². The molecule has 0 unspecified atom stereocenters. The van der Waals surface area contributed by atoms with Crippen LogP contribution in [0.5, 0.6) is 5.75 Å². The standard InChI is InChI=1S/C28H39FN6O3.ClH/c1-18(2)26-32-28(38-33-26)34-12-8-20(9-13-34)19(3)10-14-37-23-7-6-21(24(29)16-23)15-25(31)27(36)35-11-4-5-22(35)17-30;/h6-7,16,18-20,22,25H,4-5,8-15,31H2,1-3H3;1H/t19-,22+,25+;/m1./s1. The maximum absolute atomic E-state index is 14.8. The van der Waals surface area contributed by atoms with Gasteiger partial charge in [0.2, 0.25) is 5.91 Å². The minimum atomic E-state index is -0.880. The van der Waals surface area contributed by atoms with Gasteiger partial charge in [-0.15, -0.1) is 12.4 Å². The van der Waals surface area contributed by atoms with Crippen LogP contribution in [-0.2, 0) is 11.2 Å². The summed E-state index contributed by atoms with van der Waals surface area (Å²) in [6, 6.07) is 6.15. The largest absolute Gasteiger partial charge is 0.493 e. The number of rotatable bonds is 10. The molecule has 2 aliphatic heterocycles. The molecular weight excluding hydrogens is 523 g/mol. The predicted molar refractivity (Wildman–Crippen MR) is 148 cm³/mol. The number of ether oxygens (including phenoxy) is 1. The van der Waals surface area contributed by atoms with Crippen molar-refractivity contribution in [1.82, 2.24) is 15.0 Å². The molecule has 3 atom stereocenters. The van der Waals surface area contributed by atoms with E-state index in [4.69, 9.17) is 15.0 Å². The van der Waals surface area contributed by atoms with Crippen molar-refractivity contribution in [2.45, 2.75) is 77.3 Å². The monoisotopic (exact) mass is 562 g/mol. The summed E-state index contributed by atoms with van der Waals surface area (Å²) in [5.41, 5.74) is 6.45. The number of piperidine rings is 1. The normalized spacial score (nSPS) is 19.5. The van der Waals surface area contributed by atoms with Crippen molar-refractivity contribution < 1.29 is 18.4 Å². The summed E-state index contributed by atoms with van der Waals surface area (Å²) in [7, 11) is 0. The van der Waals surface area contributed by atoms with Crippen LogP contribution in [0.15, 0.2) is 22.7 Å². The van der Waals surface area contributed by atoms with Crippen LogP contribution in [0.1, 0.15) is 70.2 Å². The number of halogens is 2. The van der Waals surface area contributed by atoms with E-state index in [1.54, 1.807) is 12.1 Å². The fraction of sp³-hybridized carbons (Fsp3) is 0.643. The maximum atomic E-state index is 14.8. The molecule has 0 saturated carbocycles. The Morgan fingerprint density at radius 1 is 1.26 bits per heavy atom. The van der Waals surface area contributed by atoms with Gasteiger partial charge in [0.05, 0.1) is 18.7 Å². The topological polar surface area (TPSA) is 122 Å². The van der Waals surface area contributed by atoms with Crippen LogP contribution in [0.25, 0.3) is 0 Å². The first-order valence-electron chi connectivity index (χ1n) is 13.7. The minimum Gasteiger partial charge on any atom is -0.493 e.